The van der Waals surface area contributed by atoms with Crippen molar-refractivity contribution in [3.05, 3.63) is 23.8 Å². The van der Waals surface area contributed by atoms with Gasteiger partial charge in [-0.3, -0.25) is 14.6 Å². The Balaban J connectivity index is 1.74. The standard InChI is InChI=1S/C24H38N6O5S/c1-16-14-18-4-2-6-20(22(18)28-15-16)36(34,35)29-19(5-3-11-27-24(25)26)23(33)30-12-9-17(10-13-30)7-8-21(31)32/h2,4,6,16-17,19,28-29H,3,5,7-15H2,1H3,(H,31,32)(H4,25,26,27)/t16-,19?/m0/s1. The molecule has 1 saturated heterocycles. The molecule has 11 nitrogen and oxygen atoms in total. The van der Waals surface area contributed by atoms with Gasteiger partial charge in [-0.2, -0.15) is 4.72 Å². The first-order chi connectivity index (χ1) is 17.1. The first-order valence-corrected chi connectivity index (χ1v) is 14.0. The van der Waals surface area contributed by atoms with E-state index in [1.807, 2.05) is 6.07 Å². The maximum atomic E-state index is 13.5. The Hall–Kier alpha value is -2.86. The largest absolute Gasteiger partial charge is 0.481 e. The number of amides is 1. The molecule has 1 unspecified atom stereocenters. The Morgan fingerprint density at radius 2 is 2.00 bits per heavy atom. The number of para-hydroxylation sites is 1. The highest BCUT2D eigenvalue weighted by atomic mass is 32.2. The zero-order valence-electron chi connectivity index (χ0n) is 20.8. The predicted molar refractivity (Wildman–Crippen MR) is 138 cm³/mol. The molecule has 2 heterocycles. The number of carboxylic acids is 1. The summed E-state index contributed by atoms with van der Waals surface area (Å²) in [7, 11) is -3.99. The lowest BCUT2D eigenvalue weighted by Gasteiger charge is -2.34. The fraction of sp³-hybridized carbons (Fsp3) is 0.625. The average molecular weight is 523 g/mol. The van der Waals surface area contributed by atoms with Crippen molar-refractivity contribution in [2.24, 2.45) is 28.3 Å². The number of carbonyl (C=O) groups excluding carboxylic acids is 1. The van der Waals surface area contributed by atoms with Crippen LogP contribution < -0.4 is 21.5 Å². The van der Waals surface area contributed by atoms with Crippen molar-refractivity contribution in [3.8, 4) is 0 Å². The fourth-order valence-electron chi connectivity index (χ4n) is 4.87. The number of anilines is 1. The minimum Gasteiger partial charge on any atom is -0.481 e. The number of rotatable bonds is 11. The van der Waals surface area contributed by atoms with E-state index in [2.05, 4.69) is 22.0 Å². The SMILES string of the molecule is C[C@@H]1CNc2c(cccc2S(=O)(=O)NC(CCCN=C(N)N)C(=O)N2CCC(CCC(=O)O)CC2)C1. The van der Waals surface area contributed by atoms with Crippen molar-refractivity contribution in [3.63, 3.8) is 0 Å². The second-order valence-electron chi connectivity index (χ2n) is 9.80. The highest BCUT2D eigenvalue weighted by molar-refractivity contribution is 7.89. The van der Waals surface area contributed by atoms with Gasteiger partial charge in [0.1, 0.15) is 10.9 Å². The summed E-state index contributed by atoms with van der Waals surface area (Å²) >= 11 is 0. The van der Waals surface area contributed by atoms with Gasteiger partial charge in [-0.05, 0) is 62.0 Å². The Bertz CT molecular complexity index is 1060. The van der Waals surface area contributed by atoms with Crippen LogP contribution in [-0.2, 0) is 26.0 Å². The van der Waals surface area contributed by atoms with E-state index in [-0.39, 0.29) is 42.1 Å². The number of carbonyl (C=O) groups is 2. The summed E-state index contributed by atoms with van der Waals surface area (Å²) in [5.74, 6) is -0.529. The lowest BCUT2D eigenvalue weighted by Crippen LogP contribution is -2.50. The third-order valence-corrected chi connectivity index (χ3v) is 8.35. The maximum absolute atomic E-state index is 13.5. The van der Waals surface area contributed by atoms with Gasteiger partial charge in [-0.1, -0.05) is 19.1 Å². The third-order valence-electron chi connectivity index (χ3n) is 6.83. The molecule has 0 aromatic heterocycles. The van der Waals surface area contributed by atoms with Gasteiger partial charge in [0.05, 0.1) is 5.69 Å². The number of piperidine rings is 1. The number of aliphatic carboxylic acids is 1. The molecule has 0 bridgehead atoms. The summed E-state index contributed by atoms with van der Waals surface area (Å²) in [4.78, 5) is 30.1. The van der Waals surface area contributed by atoms with E-state index in [0.29, 0.717) is 56.9 Å². The third kappa shape index (κ3) is 7.57. The maximum Gasteiger partial charge on any atom is 0.303 e. The van der Waals surface area contributed by atoms with E-state index >= 15 is 0 Å². The van der Waals surface area contributed by atoms with Crippen LogP contribution in [0.25, 0.3) is 0 Å². The molecule has 1 fully saturated rings. The minimum atomic E-state index is -3.99. The highest BCUT2D eigenvalue weighted by Crippen LogP contribution is 2.31. The summed E-state index contributed by atoms with van der Waals surface area (Å²) in [6, 6.07) is 4.24. The van der Waals surface area contributed by atoms with Gasteiger partial charge in [0, 0.05) is 32.6 Å². The lowest BCUT2D eigenvalue weighted by atomic mass is 9.92. The topological polar surface area (TPSA) is 180 Å². The van der Waals surface area contributed by atoms with E-state index in [4.69, 9.17) is 16.6 Å². The first-order valence-electron chi connectivity index (χ1n) is 12.5. The Morgan fingerprint density at radius 3 is 2.67 bits per heavy atom. The van der Waals surface area contributed by atoms with Gasteiger partial charge in [-0.15, -0.1) is 0 Å². The minimum absolute atomic E-state index is 0.0573. The molecule has 1 aromatic carbocycles. The molecule has 7 N–H and O–H groups in total. The van der Waals surface area contributed by atoms with Gasteiger partial charge in [0.15, 0.2) is 5.96 Å². The summed E-state index contributed by atoms with van der Waals surface area (Å²) < 4.78 is 29.6. The molecule has 2 atom stereocenters. The normalized spacial score (nSPS) is 19.1. The smallest absolute Gasteiger partial charge is 0.303 e. The van der Waals surface area contributed by atoms with Crippen LogP contribution in [0, 0.1) is 11.8 Å². The number of guanidine groups is 1. The molecule has 3 rings (SSSR count). The van der Waals surface area contributed by atoms with Crippen LogP contribution in [0.2, 0.25) is 0 Å². The van der Waals surface area contributed by atoms with Crippen LogP contribution in [0.15, 0.2) is 28.1 Å². The van der Waals surface area contributed by atoms with Gasteiger partial charge < -0.3 is 26.8 Å². The van der Waals surface area contributed by atoms with Crippen molar-refractivity contribution < 1.29 is 23.1 Å². The quantitative estimate of drug-likeness (QED) is 0.163. The van der Waals surface area contributed by atoms with Crippen molar-refractivity contribution in [2.45, 2.75) is 62.8 Å². The molecule has 0 spiro atoms. The Labute approximate surface area is 212 Å². The second kappa shape index (κ2) is 12.4. The van der Waals surface area contributed by atoms with E-state index in [1.54, 1.807) is 17.0 Å². The molecule has 1 amide bonds. The number of hydrogen-bond donors (Lipinski definition) is 5. The van der Waals surface area contributed by atoms with Gasteiger partial charge in [-0.25, -0.2) is 8.42 Å². The van der Waals surface area contributed by atoms with Crippen LogP contribution >= 0.6 is 0 Å². The van der Waals surface area contributed by atoms with Crippen LogP contribution in [0.3, 0.4) is 0 Å². The van der Waals surface area contributed by atoms with E-state index in [9.17, 15) is 18.0 Å². The number of carboxylic acid groups (broad SMARTS) is 1. The summed E-state index contributed by atoms with van der Waals surface area (Å²) in [6.45, 7) is 4.00. The molecule has 0 saturated carbocycles. The number of fused-ring (bicyclic) bond motifs is 1. The van der Waals surface area contributed by atoms with Crippen molar-refractivity contribution >= 4 is 33.5 Å². The first kappa shape index (κ1) is 27.7. The Kier molecular flexibility index (Phi) is 9.55. The number of sulfonamides is 1. The molecule has 12 heteroatoms. The summed E-state index contributed by atoms with van der Waals surface area (Å²) in [5, 5.41) is 12.2. The number of nitrogens with zero attached hydrogens (tertiary/aromatic N) is 2. The zero-order chi connectivity index (χ0) is 26.3. The molecule has 1 aromatic rings. The lowest BCUT2D eigenvalue weighted by molar-refractivity contribution is -0.138. The summed E-state index contributed by atoms with van der Waals surface area (Å²) in [5.41, 5.74) is 12.3. The van der Waals surface area contributed by atoms with Crippen molar-refractivity contribution in [1.29, 1.82) is 0 Å². The number of aliphatic imine (C=N–C) groups is 1. The van der Waals surface area contributed by atoms with E-state index in [1.165, 1.54) is 0 Å². The molecule has 2 aliphatic rings. The number of nitrogens with one attached hydrogen (secondary N) is 2. The fourth-order valence-corrected chi connectivity index (χ4v) is 6.32. The molecular formula is C24H38N6O5S. The van der Waals surface area contributed by atoms with Crippen molar-refractivity contribution in [1.82, 2.24) is 9.62 Å². The van der Waals surface area contributed by atoms with Crippen LogP contribution in [0.5, 0.6) is 0 Å². The zero-order valence-corrected chi connectivity index (χ0v) is 21.6. The van der Waals surface area contributed by atoms with Crippen LogP contribution in [0.4, 0.5) is 5.69 Å². The van der Waals surface area contributed by atoms with Gasteiger partial charge in [0.25, 0.3) is 0 Å². The number of nitrogens with two attached hydrogens (primary N) is 2. The number of likely N-dealkylation sites (tertiary alicyclic amines) is 1. The monoisotopic (exact) mass is 522 g/mol. The summed E-state index contributed by atoms with van der Waals surface area (Å²) in [6.07, 6.45) is 3.53. The second-order valence-corrected chi connectivity index (χ2v) is 11.5. The number of hydrogen-bond acceptors (Lipinski definition) is 6. The average Bonchev–Trinajstić information content (AvgIpc) is 2.83. The molecular weight excluding hydrogens is 484 g/mol. The molecule has 0 aliphatic carbocycles. The van der Waals surface area contributed by atoms with Crippen LogP contribution in [-0.4, -0.2) is 68.5 Å². The molecule has 0 radical (unpaired) electrons. The van der Waals surface area contributed by atoms with Gasteiger partial charge >= 0.3 is 5.97 Å². The van der Waals surface area contributed by atoms with Crippen molar-refractivity contribution in [2.75, 3.05) is 31.5 Å². The predicted octanol–water partition coefficient (Wildman–Crippen LogP) is 1.09. The molecule has 2 aliphatic heterocycles. The molecule has 200 valence electrons. The Morgan fingerprint density at radius 1 is 1.28 bits per heavy atom. The molecule has 36 heavy (non-hydrogen) atoms. The van der Waals surface area contributed by atoms with Gasteiger partial charge in [0.2, 0.25) is 15.9 Å². The van der Waals surface area contributed by atoms with E-state index < -0.39 is 22.0 Å². The van der Waals surface area contributed by atoms with Crippen LogP contribution in [0.1, 0.15) is 51.0 Å². The van der Waals surface area contributed by atoms with E-state index in [0.717, 1.165) is 12.0 Å². The highest BCUT2D eigenvalue weighted by Gasteiger charge is 2.33. The number of benzene rings is 1.